The molecule has 1 saturated carbocycles. The lowest BCUT2D eigenvalue weighted by Gasteiger charge is -2.48. The van der Waals surface area contributed by atoms with Crippen molar-refractivity contribution in [3.63, 3.8) is 0 Å². The minimum atomic E-state index is -4.55. The SMILES string of the molecule is C=C(/C=C\N(C)N)[C@]1(O)CC[C@H](N2CC(NC(=O)CNC(=O)c3cccc(C(F)(F)F)c3)C2)CC1. The number of alkyl halides is 3. The van der Waals surface area contributed by atoms with Crippen LogP contribution in [0.2, 0.25) is 0 Å². The second kappa shape index (κ2) is 10.8. The van der Waals surface area contributed by atoms with Crippen LogP contribution in [0.15, 0.2) is 48.7 Å². The van der Waals surface area contributed by atoms with E-state index in [4.69, 9.17) is 5.84 Å². The van der Waals surface area contributed by atoms with Gasteiger partial charge < -0.3 is 20.7 Å². The number of aliphatic hydroxyl groups is 1. The largest absolute Gasteiger partial charge is 0.416 e. The van der Waals surface area contributed by atoms with Gasteiger partial charge in [0.05, 0.1) is 23.8 Å². The van der Waals surface area contributed by atoms with Gasteiger partial charge in [0.2, 0.25) is 5.91 Å². The van der Waals surface area contributed by atoms with Crippen LogP contribution >= 0.6 is 0 Å². The summed E-state index contributed by atoms with van der Waals surface area (Å²) in [7, 11) is 1.69. The molecule has 192 valence electrons. The fraction of sp³-hybridized carbons (Fsp3) is 0.500. The Bertz CT molecular complexity index is 965. The number of hydrogen-bond donors (Lipinski definition) is 4. The van der Waals surface area contributed by atoms with Gasteiger partial charge in [-0.1, -0.05) is 12.6 Å². The summed E-state index contributed by atoms with van der Waals surface area (Å²) in [5.41, 5.74) is -1.39. The van der Waals surface area contributed by atoms with E-state index in [9.17, 15) is 27.9 Å². The van der Waals surface area contributed by atoms with Crippen molar-refractivity contribution >= 4 is 11.8 Å². The number of nitrogens with one attached hydrogen (secondary N) is 2. The van der Waals surface area contributed by atoms with Crippen molar-refractivity contribution in [2.24, 2.45) is 5.84 Å². The van der Waals surface area contributed by atoms with Crippen LogP contribution in [0, 0.1) is 0 Å². The number of rotatable bonds is 8. The molecule has 0 bridgehead atoms. The molecule has 1 aromatic carbocycles. The molecular formula is C24H32F3N5O3. The summed E-state index contributed by atoms with van der Waals surface area (Å²) < 4.78 is 38.4. The van der Waals surface area contributed by atoms with E-state index >= 15 is 0 Å². The van der Waals surface area contributed by atoms with Crippen molar-refractivity contribution in [2.45, 2.75) is 49.5 Å². The Balaban J connectivity index is 1.37. The molecule has 0 atom stereocenters. The molecule has 1 aliphatic heterocycles. The lowest BCUT2D eigenvalue weighted by Crippen LogP contribution is -2.63. The lowest BCUT2D eigenvalue weighted by molar-refractivity contribution is -0.137. The second-order valence-electron chi connectivity index (χ2n) is 9.25. The van der Waals surface area contributed by atoms with E-state index in [0.29, 0.717) is 37.5 Å². The Morgan fingerprint density at radius 3 is 2.57 bits per heavy atom. The minimum Gasteiger partial charge on any atom is -0.385 e. The molecule has 3 rings (SSSR count). The first-order valence-electron chi connectivity index (χ1n) is 11.4. The van der Waals surface area contributed by atoms with Crippen molar-refractivity contribution < 1.29 is 27.9 Å². The summed E-state index contributed by atoms with van der Waals surface area (Å²) in [5, 5.41) is 17.5. The number of amides is 2. The normalized spacial score (nSPS) is 23.5. The molecule has 5 N–H and O–H groups in total. The van der Waals surface area contributed by atoms with Crippen LogP contribution in [-0.4, -0.2) is 71.2 Å². The third kappa shape index (κ3) is 7.06. The summed E-state index contributed by atoms with van der Waals surface area (Å²) >= 11 is 0. The van der Waals surface area contributed by atoms with Gasteiger partial charge in [0.1, 0.15) is 0 Å². The first-order chi connectivity index (χ1) is 16.4. The summed E-state index contributed by atoms with van der Waals surface area (Å²) in [6, 6.07) is 4.29. The molecule has 1 aromatic rings. The standard InChI is InChI=1S/C24H32F3N5O3/c1-16(8-11-31(2)28)23(35)9-6-20(7-10-23)32-14-19(15-32)30-21(33)13-29-22(34)17-4-3-5-18(12-17)24(25,26)27/h3-5,8,11-12,19-20,35H,1,6-7,9-10,13-15,28H2,2H3,(H,29,34)(H,30,33)/b11-8-/t20-,23-. The van der Waals surface area contributed by atoms with Crippen LogP contribution in [0.4, 0.5) is 13.2 Å². The molecule has 11 heteroatoms. The lowest BCUT2D eigenvalue weighted by atomic mass is 9.76. The molecular weight excluding hydrogens is 463 g/mol. The number of hydrogen-bond acceptors (Lipinski definition) is 6. The molecule has 2 fully saturated rings. The quantitative estimate of drug-likeness (QED) is 0.249. The molecule has 0 radical (unpaired) electrons. The Morgan fingerprint density at radius 2 is 1.97 bits per heavy atom. The number of benzene rings is 1. The maximum absolute atomic E-state index is 12.8. The zero-order valence-electron chi connectivity index (χ0n) is 19.6. The van der Waals surface area contributed by atoms with Gasteiger partial charge in [0.25, 0.3) is 5.91 Å². The van der Waals surface area contributed by atoms with E-state index in [-0.39, 0.29) is 18.2 Å². The third-order valence-electron chi connectivity index (χ3n) is 6.54. The zero-order valence-corrected chi connectivity index (χ0v) is 19.6. The summed E-state index contributed by atoms with van der Waals surface area (Å²) in [4.78, 5) is 26.5. The first kappa shape index (κ1) is 26.7. The van der Waals surface area contributed by atoms with Crippen LogP contribution in [0.3, 0.4) is 0 Å². The van der Waals surface area contributed by atoms with Crippen molar-refractivity contribution in [3.05, 3.63) is 59.8 Å². The van der Waals surface area contributed by atoms with E-state index < -0.39 is 29.2 Å². The molecule has 0 unspecified atom stereocenters. The van der Waals surface area contributed by atoms with Gasteiger partial charge in [-0.05, 0) is 55.5 Å². The van der Waals surface area contributed by atoms with Crippen LogP contribution in [0.5, 0.6) is 0 Å². The van der Waals surface area contributed by atoms with Gasteiger partial charge in [-0.25, -0.2) is 5.84 Å². The van der Waals surface area contributed by atoms with E-state index in [0.717, 1.165) is 31.0 Å². The fourth-order valence-corrected chi connectivity index (χ4v) is 4.41. The Morgan fingerprint density at radius 1 is 1.31 bits per heavy atom. The molecule has 8 nitrogen and oxygen atoms in total. The third-order valence-corrected chi connectivity index (χ3v) is 6.54. The highest BCUT2D eigenvalue weighted by molar-refractivity contribution is 5.96. The minimum absolute atomic E-state index is 0.0632. The van der Waals surface area contributed by atoms with Crippen molar-refractivity contribution in [1.82, 2.24) is 20.5 Å². The average molecular weight is 496 g/mol. The smallest absolute Gasteiger partial charge is 0.385 e. The molecule has 35 heavy (non-hydrogen) atoms. The highest BCUT2D eigenvalue weighted by Crippen LogP contribution is 2.37. The van der Waals surface area contributed by atoms with Gasteiger partial charge >= 0.3 is 6.18 Å². The van der Waals surface area contributed by atoms with Crippen LogP contribution in [0.25, 0.3) is 0 Å². The number of hydrazine groups is 1. The molecule has 1 heterocycles. The Kier molecular flexibility index (Phi) is 8.24. The number of nitrogens with zero attached hydrogens (tertiary/aromatic N) is 2. The van der Waals surface area contributed by atoms with Crippen molar-refractivity contribution in [1.29, 1.82) is 0 Å². The van der Waals surface area contributed by atoms with Crippen molar-refractivity contribution in [3.8, 4) is 0 Å². The predicted molar refractivity (Wildman–Crippen MR) is 125 cm³/mol. The van der Waals surface area contributed by atoms with Crippen LogP contribution in [-0.2, 0) is 11.0 Å². The van der Waals surface area contributed by atoms with Gasteiger partial charge in [-0.15, -0.1) is 0 Å². The predicted octanol–water partition coefficient (Wildman–Crippen LogP) is 1.78. The molecule has 2 amide bonds. The number of halogens is 3. The fourth-order valence-electron chi connectivity index (χ4n) is 4.41. The highest BCUT2D eigenvalue weighted by atomic mass is 19.4. The maximum Gasteiger partial charge on any atom is 0.416 e. The number of carbonyl (C=O) groups excluding carboxylic acids is 2. The van der Waals surface area contributed by atoms with Crippen molar-refractivity contribution in [2.75, 3.05) is 26.7 Å². The first-order valence-corrected chi connectivity index (χ1v) is 11.4. The van der Waals surface area contributed by atoms with Crippen LogP contribution < -0.4 is 16.5 Å². The van der Waals surface area contributed by atoms with Gasteiger partial charge in [-0.3, -0.25) is 14.5 Å². The summed E-state index contributed by atoms with van der Waals surface area (Å²) in [5.74, 6) is 4.41. The van der Waals surface area contributed by atoms with E-state index in [2.05, 4.69) is 22.1 Å². The molecule has 1 aliphatic carbocycles. The monoisotopic (exact) mass is 495 g/mol. The van der Waals surface area contributed by atoms with E-state index in [1.54, 1.807) is 19.3 Å². The van der Waals surface area contributed by atoms with E-state index in [1.807, 2.05) is 0 Å². The Labute approximate surface area is 202 Å². The number of carbonyl (C=O) groups is 2. The summed E-state index contributed by atoms with van der Waals surface area (Å²) in [6.07, 6.45) is 1.60. The average Bonchev–Trinajstić information content (AvgIpc) is 2.78. The molecule has 0 aromatic heterocycles. The summed E-state index contributed by atoms with van der Waals surface area (Å²) in [6.45, 7) is 4.98. The second-order valence-corrected chi connectivity index (χ2v) is 9.25. The van der Waals surface area contributed by atoms with Crippen LogP contribution in [0.1, 0.15) is 41.6 Å². The van der Waals surface area contributed by atoms with E-state index in [1.165, 1.54) is 11.1 Å². The van der Waals surface area contributed by atoms with Gasteiger partial charge in [0, 0.05) is 37.9 Å². The highest BCUT2D eigenvalue weighted by Gasteiger charge is 2.40. The van der Waals surface area contributed by atoms with Gasteiger partial charge in [-0.2, -0.15) is 13.2 Å². The molecule has 0 spiro atoms. The van der Waals surface area contributed by atoms with Gasteiger partial charge in [0.15, 0.2) is 0 Å². The Hall–Kier alpha value is -2.89. The zero-order chi connectivity index (χ0) is 25.8. The molecule has 1 saturated heterocycles. The maximum atomic E-state index is 12.8. The topological polar surface area (TPSA) is 111 Å². The number of nitrogens with two attached hydrogens (primary N) is 1. The molecule has 2 aliphatic rings. The number of likely N-dealkylation sites (tertiary alicyclic amines) is 1.